The molecule has 0 aliphatic heterocycles. The van der Waals surface area contributed by atoms with Crippen LogP contribution in [0.2, 0.25) is 0 Å². The number of H-pyrrole nitrogens is 1. The van der Waals surface area contributed by atoms with Gasteiger partial charge in [-0.2, -0.15) is 15.1 Å². The number of anilines is 3. The molecule has 3 heterocycles. The fraction of sp³-hybridized carbons (Fsp3) is 0.500. The fourth-order valence-electron chi connectivity index (χ4n) is 3.15. The fourth-order valence-corrected chi connectivity index (χ4v) is 3.15. The van der Waals surface area contributed by atoms with Gasteiger partial charge in [0.15, 0.2) is 0 Å². The molecule has 0 amide bonds. The van der Waals surface area contributed by atoms with Crippen LogP contribution in [-0.2, 0) is 0 Å². The van der Waals surface area contributed by atoms with Gasteiger partial charge in [-0.3, -0.25) is 4.68 Å². The smallest absolute Gasteiger partial charge is 0.231 e. The van der Waals surface area contributed by atoms with Crippen LogP contribution in [0.4, 0.5) is 17.5 Å². The molecule has 0 aromatic carbocycles. The van der Waals surface area contributed by atoms with Gasteiger partial charge in [-0.05, 0) is 45.6 Å². The van der Waals surface area contributed by atoms with Gasteiger partial charge >= 0.3 is 0 Å². The van der Waals surface area contributed by atoms with E-state index in [0.717, 1.165) is 28.5 Å². The molecule has 3 aromatic heterocycles. The highest BCUT2D eigenvalue weighted by molar-refractivity contribution is 5.89. The summed E-state index contributed by atoms with van der Waals surface area (Å²) < 4.78 is 1.91. The Morgan fingerprint density at radius 3 is 2.76 bits per heavy atom. The van der Waals surface area contributed by atoms with Crippen LogP contribution in [0.1, 0.15) is 39.7 Å². The van der Waals surface area contributed by atoms with E-state index in [1.54, 1.807) is 6.20 Å². The van der Waals surface area contributed by atoms with Crippen LogP contribution in [0.3, 0.4) is 0 Å². The predicted molar refractivity (Wildman–Crippen MR) is 100 cm³/mol. The third kappa shape index (κ3) is 3.06. The number of rotatable bonds is 6. The summed E-state index contributed by atoms with van der Waals surface area (Å²) in [5, 5.41) is 8.70. The minimum atomic E-state index is 0.323. The molecule has 0 bridgehead atoms. The number of nitrogens with zero attached hydrogens (tertiary/aromatic N) is 5. The lowest BCUT2D eigenvalue weighted by atomic mass is 10.2. The number of nitrogens with one attached hydrogen (secondary N) is 2. The van der Waals surface area contributed by atoms with E-state index in [9.17, 15) is 0 Å². The molecular weight excluding hydrogens is 314 g/mol. The maximum atomic E-state index is 4.80. The Balaban J connectivity index is 1.67. The van der Waals surface area contributed by atoms with Gasteiger partial charge in [-0.25, -0.2) is 0 Å². The molecule has 1 saturated carbocycles. The van der Waals surface area contributed by atoms with Crippen molar-refractivity contribution in [2.75, 3.05) is 17.3 Å². The van der Waals surface area contributed by atoms with Crippen molar-refractivity contribution in [3.63, 3.8) is 0 Å². The highest BCUT2D eigenvalue weighted by Gasteiger charge is 2.32. The van der Waals surface area contributed by atoms with Gasteiger partial charge in [0.1, 0.15) is 11.5 Å². The van der Waals surface area contributed by atoms with Gasteiger partial charge in [0.25, 0.3) is 0 Å². The largest absolute Gasteiger partial charge is 0.356 e. The Bertz CT molecular complexity index is 875. The molecule has 4 rings (SSSR count). The number of fused-ring (bicyclic) bond motifs is 1. The lowest BCUT2D eigenvalue weighted by Crippen LogP contribution is -2.31. The molecule has 2 N–H and O–H groups in total. The third-order valence-electron chi connectivity index (χ3n) is 5.03. The first kappa shape index (κ1) is 15.9. The van der Waals surface area contributed by atoms with E-state index in [1.807, 2.05) is 23.1 Å². The molecule has 0 spiro atoms. The van der Waals surface area contributed by atoms with E-state index >= 15 is 0 Å². The summed E-state index contributed by atoms with van der Waals surface area (Å²) in [6, 6.07) is 2.84. The normalized spacial score (nSPS) is 15.7. The molecule has 7 heteroatoms. The van der Waals surface area contributed by atoms with Crippen LogP contribution in [-0.4, -0.2) is 37.8 Å². The van der Waals surface area contributed by atoms with Crippen molar-refractivity contribution in [2.45, 2.75) is 45.7 Å². The Kier molecular flexibility index (Phi) is 3.86. The standard InChI is InChI=1S/C18H25N7/c1-11(2)25-10-14(9-20-25)21-18-22-16-15(7-8-19-16)17(23-18)24(4)12(3)13-5-6-13/h7-13H,5-6H2,1-4H3,(H2,19,21,22,23). The molecule has 1 unspecified atom stereocenters. The first-order chi connectivity index (χ1) is 12.0. The van der Waals surface area contributed by atoms with E-state index in [0.29, 0.717) is 18.0 Å². The van der Waals surface area contributed by atoms with Crippen molar-refractivity contribution in [1.82, 2.24) is 24.7 Å². The second-order valence-electron chi connectivity index (χ2n) is 7.23. The summed E-state index contributed by atoms with van der Waals surface area (Å²) in [5.74, 6) is 2.32. The summed E-state index contributed by atoms with van der Waals surface area (Å²) in [6.07, 6.45) is 8.32. The van der Waals surface area contributed by atoms with Gasteiger partial charge in [-0.15, -0.1) is 0 Å². The monoisotopic (exact) mass is 339 g/mol. The van der Waals surface area contributed by atoms with Crippen molar-refractivity contribution < 1.29 is 0 Å². The Hall–Kier alpha value is -2.57. The van der Waals surface area contributed by atoms with Crippen molar-refractivity contribution in [1.29, 1.82) is 0 Å². The van der Waals surface area contributed by atoms with Crippen molar-refractivity contribution in [3.8, 4) is 0 Å². The van der Waals surface area contributed by atoms with Crippen LogP contribution >= 0.6 is 0 Å². The first-order valence-corrected chi connectivity index (χ1v) is 8.92. The molecule has 1 fully saturated rings. The summed E-state index contributed by atoms with van der Waals surface area (Å²) in [7, 11) is 2.12. The first-order valence-electron chi connectivity index (χ1n) is 8.92. The molecule has 25 heavy (non-hydrogen) atoms. The zero-order valence-electron chi connectivity index (χ0n) is 15.2. The van der Waals surface area contributed by atoms with Gasteiger partial charge in [0.05, 0.1) is 17.3 Å². The van der Waals surface area contributed by atoms with Crippen LogP contribution in [0, 0.1) is 5.92 Å². The van der Waals surface area contributed by atoms with Crippen LogP contribution in [0.25, 0.3) is 11.0 Å². The number of hydrogen-bond donors (Lipinski definition) is 2. The molecule has 0 saturated heterocycles. The van der Waals surface area contributed by atoms with Crippen LogP contribution in [0.15, 0.2) is 24.7 Å². The number of hydrogen-bond acceptors (Lipinski definition) is 5. The van der Waals surface area contributed by atoms with Gasteiger partial charge in [0.2, 0.25) is 5.95 Å². The topological polar surface area (TPSA) is 74.7 Å². The maximum absolute atomic E-state index is 4.80. The summed E-state index contributed by atoms with van der Waals surface area (Å²) in [4.78, 5) is 14.9. The van der Waals surface area contributed by atoms with Crippen molar-refractivity contribution in [2.24, 2.45) is 5.92 Å². The molecule has 1 aliphatic carbocycles. The third-order valence-corrected chi connectivity index (χ3v) is 5.03. The minimum Gasteiger partial charge on any atom is -0.356 e. The lowest BCUT2D eigenvalue weighted by Gasteiger charge is -2.26. The maximum Gasteiger partial charge on any atom is 0.231 e. The Morgan fingerprint density at radius 2 is 2.08 bits per heavy atom. The molecule has 0 radical (unpaired) electrons. The van der Waals surface area contributed by atoms with E-state index in [4.69, 9.17) is 4.98 Å². The van der Waals surface area contributed by atoms with Gasteiger partial charge < -0.3 is 15.2 Å². The highest BCUT2D eigenvalue weighted by atomic mass is 15.3. The van der Waals surface area contributed by atoms with Gasteiger partial charge in [-0.1, -0.05) is 0 Å². The molecular formula is C18H25N7. The Labute approximate surface area is 147 Å². The molecule has 3 aromatic rings. The summed E-state index contributed by atoms with van der Waals surface area (Å²) in [5.41, 5.74) is 1.74. The molecule has 7 nitrogen and oxygen atoms in total. The highest BCUT2D eigenvalue weighted by Crippen LogP contribution is 2.37. The molecule has 1 atom stereocenters. The van der Waals surface area contributed by atoms with E-state index < -0.39 is 0 Å². The zero-order valence-corrected chi connectivity index (χ0v) is 15.2. The van der Waals surface area contributed by atoms with Crippen LogP contribution < -0.4 is 10.2 Å². The second-order valence-corrected chi connectivity index (χ2v) is 7.23. The quantitative estimate of drug-likeness (QED) is 0.716. The van der Waals surface area contributed by atoms with E-state index in [-0.39, 0.29) is 0 Å². The molecule has 1 aliphatic rings. The zero-order chi connectivity index (χ0) is 17.6. The SMILES string of the molecule is CC(C1CC1)N(C)c1nc(Nc2cnn(C(C)C)c2)nc2[nH]ccc12. The van der Waals surface area contributed by atoms with Crippen molar-refractivity contribution >= 4 is 28.5 Å². The number of aromatic amines is 1. The Morgan fingerprint density at radius 1 is 1.28 bits per heavy atom. The average Bonchev–Trinajstić information content (AvgIpc) is 3.14. The van der Waals surface area contributed by atoms with Gasteiger partial charge in [0, 0.05) is 31.5 Å². The van der Waals surface area contributed by atoms with Crippen LogP contribution in [0.5, 0.6) is 0 Å². The molecule has 132 valence electrons. The second kappa shape index (κ2) is 6.06. The van der Waals surface area contributed by atoms with E-state index in [1.165, 1.54) is 12.8 Å². The lowest BCUT2D eigenvalue weighted by molar-refractivity contribution is 0.532. The predicted octanol–water partition coefficient (Wildman–Crippen LogP) is 3.71. The average molecular weight is 339 g/mol. The summed E-state index contributed by atoms with van der Waals surface area (Å²) in [6.45, 7) is 6.48. The summed E-state index contributed by atoms with van der Waals surface area (Å²) >= 11 is 0. The number of aromatic nitrogens is 5. The van der Waals surface area contributed by atoms with E-state index in [2.05, 4.69) is 53.1 Å². The minimum absolute atomic E-state index is 0.323. The van der Waals surface area contributed by atoms with Crippen molar-refractivity contribution in [3.05, 3.63) is 24.7 Å².